The maximum atomic E-state index is 12.3. The molecule has 134 valence electrons. The van der Waals surface area contributed by atoms with Gasteiger partial charge in [0.15, 0.2) is 5.82 Å². The Labute approximate surface area is 152 Å². The van der Waals surface area contributed by atoms with Gasteiger partial charge in [-0.25, -0.2) is 13.4 Å². The fourth-order valence-corrected chi connectivity index (χ4v) is 4.93. The Kier molecular flexibility index (Phi) is 5.36. The SMILES string of the molecule is CN(C)CC1CCN(c2ncc(Br)cc2NS(=O)(=O)C2CC2)CC1. The number of pyridine rings is 1. The largest absolute Gasteiger partial charge is 0.355 e. The summed E-state index contributed by atoms with van der Waals surface area (Å²) in [7, 11) is 0.920. The van der Waals surface area contributed by atoms with Gasteiger partial charge in [0.2, 0.25) is 10.0 Å². The lowest BCUT2D eigenvalue weighted by atomic mass is 9.96. The van der Waals surface area contributed by atoms with Gasteiger partial charge in [-0.3, -0.25) is 4.72 Å². The summed E-state index contributed by atoms with van der Waals surface area (Å²) in [5.74, 6) is 1.43. The number of hydrogen-bond acceptors (Lipinski definition) is 5. The van der Waals surface area contributed by atoms with Crippen LogP contribution in [0.5, 0.6) is 0 Å². The number of hydrogen-bond donors (Lipinski definition) is 1. The summed E-state index contributed by atoms with van der Waals surface area (Å²) in [6.45, 7) is 2.92. The second-order valence-electron chi connectivity index (χ2n) is 7.06. The minimum Gasteiger partial charge on any atom is -0.355 e. The van der Waals surface area contributed by atoms with Gasteiger partial charge in [-0.05, 0) is 67.7 Å². The zero-order chi connectivity index (χ0) is 17.3. The highest BCUT2D eigenvalue weighted by Crippen LogP contribution is 2.34. The molecule has 1 aromatic rings. The summed E-state index contributed by atoms with van der Waals surface area (Å²) in [5.41, 5.74) is 0.585. The van der Waals surface area contributed by atoms with Crippen molar-refractivity contribution in [3.8, 4) is 0 Å². The van der Waals surface area contributed by atoms with Crippen molar-refractivity contribution in [3.63, 3.8) is 0 Å². The smallest absolute Gasteiger partial charge is 0.235 e. The zero-order valence-electron chi connectivity index (χ0n) is 14.2. The van der Waals surface area contributed by atoms with Gasteiger partial charge in [0.25, 0.3) is 0 Å². The molecule has 0 bridgehead atoms. The van der Waals surface area contributed by atoms with Crippen LogP contribution in [0, 0.1) is 5.92 Å². The van der Waals surface area contributed by atoms with Gasteiger partial charge in [-0.2, -0.15) is 0 Å². The monoisotopic (exact) mass is 416 g/mol. The van der Waals surface area contributed by atoms with Gasteiger partial charge in [0, 0.05) is 30.3 Å². The van der Waals surface area contributed by atoms with Gasteiger partial charge >= 0.3 is 0 Å². The molecule has 1 saturated carbocycles. The molecule has 3 rings (SSSR count). The molecule has 2 heterocycles. The molecule has 2 fully saturated rings. The van der Waals surface area contributed by atoms with Crippen molar-refractivity contribution in [1.82, 2.24) is 9.88 Å². The lowest BCUT2D eigenvalue weighted by Crippen LogP contribution is -2.38. The van der Waals surface area contributed by atoms with Crippen LogP contribution in [0.2, 0.25) is 0 Å². The number of nitrogens with zero attached hydrogens (tertiary/aromatic N) is 3. The van der Waals surface area contributed by atoms with Gasteiger partial charge in [0.1, 0.15) is 0 Å². The average Bonchev–Trinajstić information content (AvgIpc) is 3.33. The standard InChI is InChI=1S/C16H25BrN4O2S/c1-20(2)11-12-5-7-21(8-6-12)16-15(9-13(17)10-18-16)19-24(22,23)14-3-4-14/h9-10,12,14,19H,3-8,11H2,1-2H3. The summed E-state index contributed by atoms with van der Waals surface area (Å²) in [6, 6.07) is 1.81. The van der Waals surface area contributed by atoms with Crippen LogP contribution >= 0.6 is 15.9 Å². The van der Waals surface area contributed by atoms with Crippen LogP contribution in [0.25, 0.3) is 0 Å². The van der Waals surface area contributed by atoms with E-state index in [0.717, 1.165) is 55.6 Å². The molecule has 1 aromatic heterocycles. The first-order chi connectivity index (χ1) is 11.3. The van der Waals surface area contributed by atoms with E-state index in [1.165, 1.54) is 0 Å². The molecule has 1 saturated heterocycles. The quantitative estimate of drug-likeness (QED) is 0.771. The van der Waals surface area contributed by atoms with Crippen LogP contribution in [0.4, 0.5) is 11.5 Å². The molecule has 0 atom stereocenters. The Balaban J connectivity index is 1.74. The topological polar surface area (TPSA) is 65.5 Å². The van der Waals surface area contributed by atoms with Gasteiger partial charge < -0.3 is 9.80 Å². The minimum absolute atomic E-state index is 0.241. The normalized spacial score (nSPS) is 19.8. The fraction of sp³-hybridized carbons (Fsp3) is 0.688. The molecule has 0 spiro atoms. The molecular weight excluding hydrogens is 392 g/mol. The van der Waals surface area contributed by atoms with E-state index in [9.17, 15) is 8.42 Å². The second kappa shape index (κ2) is 7.17. The lowest BCUT2D eigenvalue weighted by molar-refractivity contribution is 0.284. The summed E-state index contributed by atoms with van der Waals surface area (Å²) in [4.78, 5) is 8.92. The van der Waals surface area contributed by atoms with E-state index < -0.39 is 10.0 Å². The number of anilines is 2. The zero-order valence-corrected chi connectivity index (χ0v) is 16.6. The molecule has 0 radical (unpaired) electrons. The van der Waals surface area contributed by atoms with Gasteiger partial charge in [-0.1, -0.05) is 0 Å². The number of rotatable bonds is 6. The Morgan fingerprint density at radius 1 is 1.29 bits per heavy atom. The predicted molar refractivity (Wildman–Crippen MR) is 101 cm³/mol. The average molecular weight is 417 g/mol. The maximum absolute atomic E-state index is 12.3. The van der Waals surface area contributed by atoms with Crippen molar-refractivity contribution >= 4 is 37.5 Å². The molecular formula is C16H25BrN4O2S. The van der Waals surface area contributed by atoms with E-state index in [4.69, 9.17) is 0 Å². The highest BCUT2D eigenvalue weighted by atomic mass is 79.9. The first-order valence-corrected chi connectivity index (χ1v) is 10.8. The Hall–Kier alpha value is -0.860. The second-order valence-corrected chi connectivity index (χ2v) is 9.94. The summed E-state index contributed by atoms with van der Waals surface area (Å²) in [5, 5.41) is -0.241. The Bertz CT molecular complexity index is 683. The minimum atomic E-state index is -3.29. The van der Waals surface area contributed by atoms with Crippen molar-refractivity contribution in [1.29, 1.82) is 0 Å². The predicted octanol–water partition coefficient (Wildman–Crippen LogP) is 2.53. The van der Waals surface area contributed by atoms with E-state index >= 15 is 0 Å². The van der Waals surface area contributed by atoms with Crippen molar-refractivity contribution < 1.29 is 8.42 Å². The van der Waals surface area contributed by atoms with Crippen molar-refractivity contribution in [3.05, 3.63) is 16.7 Å². The summed E-state index contributed by atoms with van der Waals surface area (Å²) in [6.07, 6.45) is 5.44. The van der Waals surface area contributed by atoms with Crippen LogP contribution in [-0.2, 0) is 10.0 Å². The molecule has 2 aliphatic rings. The van der Waals surface area contributed by atoms with Crippen molar-refractivity contribution in [2.24, 2.45) is 5.92 Å². The van der Waals surface area contributed by atoms with Crippen molar-refractivity contribution in [2.75, 3.05) is 43.4 Å². The summed E-state index contributed by atoms with van der Waals surface area (Å²) < 4.78 is 28.1. The maximum Gasteiger partial charge on any atom is 0.235 e. The van der Waals surface area contributed by atoms with Crippen LogP contribution in [0.1, 0.15) is 25.7 Å². The van der Waals surface area contributed by atoms with E-state index in [1.54, 1.807) is 6.20 Å². The Morgan fingerprint density at radius 2 is 1.96 bits per heavy atom. The number of nitrogens with one attached hydrogen (secondary N) is 1. The fourth-order valence-electron chi connectivity index (χ4n) is 3.22. The molecule has 24 heavy (non-hydrogen) atoms. The van der Waals surface area contributed by atoms with Crippen molar-refractivity contribution in [2.45, 2.75) is 30.9 Å². The summed E-state index contributed by atoms with van der Waals surface area (Å²) >= 11 is 3.40. The first-order valence-electron chi connectivity index (χ1n) is 8.42. The third-order valence-corrected chi connectivity index (χ3v) is 6.87. The molecule has 0 aromatic carbocycles. The number of sulfonamides is 1. The highest BCUT2D eigenvalue weighted by molar-refractivity contribution is 9.10. The molecule has 6 nitrogen and oxygen atoms in total. The van der Waals surface area contributed by atoms with Crippen LogP contribution in [0.3, 0.4) is 0 Å². The van der Waals surface area contributed by atoms with E-state index in [1.807, 2.05) is 6.07 Å². The van der Waals surface area contributed by atoms with E-state index in [-0.39, 0.29) is 5.25 Å². The van der Waals surface area contributed by atoms with E-state index in [0.29, 0.717) is 11.6 Å². The molecule has 1 aliphatic carbocycles. The van der Waals surface area contributed by atoms with Crippen LogP contribution in [0.15, 0.2) is 16.7 Å². The molecule has 1 N–H and O–H groups in total. The number of aromatic nitrogens is 1. The van der Waals surface area contributed by atoms with Crippen LogP contribution < -0.4 is 9.62 Å². The van der Waals surface area contributed by atoms with Gasteiger partial charge in [0.05, 0.1) is 10.9 Å². The first kappa shape index (κ1) is 17.9. The molecule has 0 amide bonds. The molecule has 0 unspecified atom stereocenters. The third-order valence-electron chi connectivity index (χ3n) is 4.59. The number of halogens is 1. The van der Waals surface area contributed by atoms with Gasteiger partial charge in [-0.15, -0.1) is 0 Å². The number of piperidine rings is 1. The lowest BCUT2D eigenvalue weighted by Gasteiger charge is -2.34. The molecule has 1 aliphatic heterocycles. The highest BCUT2D eigenvalue weighted by Gasteiger charge is 2.36. The third kappa shape index (κ3) is 4.40. The van der Waals surface area contributed by atoms with Crippen LogP contribution in [-0.4, -0.2) is 57.3 Å². The van der Waals surface area contributed by atoms with E-state index in [2.05, 4.69) is 49.5 Å². The molecule has 8 heteroatoms. The Morgan fingerprint density at radius 3 is 2.54 bits per heavy atom.